The summed E-state index contributed by atoms with van der Waals surface area (Å²) in [5.41, 5.74) is -0.816. The number of rotatable bonds is 6. The molecule has 29 heavy (non-hydrogen) atoms. The molecule has 9 heteroatoms. The SMILES string of the molecule is COC(=O)/C(C=Nc1ccc(C(F)(F)F)cc1)=C(\O)c1ccc(OC)cc1OC. The highest BCUT2D eigenvalue weighted by atomic mass is 19.4. The zero-order valence-corrected chi connectivity index (χ0v) is 15.8. The molecule has 0 aliphatic heterocycles. The highest BCUT2D eigenvalue weighted by molar-refractivity contribution is 6.15. The van der Waals surface area contributed by atoms with Crippen molar-refractivity contribution < 1.29 is 37.3 Å². The summed E-state index contributed by atoms with van der Waals surface area (Å²) in [6.07, 6.45) is -3.46. The number of aliphatic hydroxyl groups is 1. The van der Waals surface area contributed by atoms with Gasteiger partial charge in [-0.15, -0.1) is 0 Å². The van der Waals surface area contributed by atoms with E-state index >= 15 is 0 Å². The summed E-state index contributed by atoms with van der Waals surface area (Å²) in [5.74, 6) is -0.675. The molecule has 0 fully saturated rings. The summed E-state index contributed by atoms with van der Waals surface area (Å²) in [6, 6.07) is 8.53. The van der Waals surface area contributed by atoms with Crippen LogP contribution >= 0.6 is 0 Å². The van der Waals surface area contributed by atoms with Gasteiger partial charge in [0, 0.05) is 12.3 Å². The fraction of sp³-hybridized carbons (Fsp3) is 0.200. The fourth-order valence-electron chi connectivity index (χ4n) is 2.34. The van der Waals surface area contributed by atoms with Gasteiger partial charge in [-0.05, 0) is 36.4 Å². The highest BCUT2D eigenvalue weighted by Gasteiger charge is 2.29. The van der Waals surface area contributed by atoms with Gasteiger partial charge in [0.15, 0.2) is 0 Å². The normalized spacial score (nSPS) is 12.5. The van der Waals surface area contributed by atoms with Crippen molar-refractivity contribution in [2.24, 2.45) is 4.99 Å². The molecule has 0 unspecified atom stereocenters. The largest absolute Gasteiger partial charge is 0.506 e. The molecule has 0 aliphatic rings. The third-order valence-corrected chi connectivity index (χ3v) is 3.86. The molecule has 0 saturated heterocycles. The second kappa shape index (κ2) is 9.13. The van der Waals surface area contributed by atoms with Crippen molar-refractivity contribution in [3.63, 3.8) is 0 Å². The first kappa shape index (κ1) is 21.8. The minimum atomic E-state index is -4.47. The molecule has 0 radical (unpaired) electrons. The molecule has 0 spiro atoms. The Labute approximate surface area is 164 Å². The first-order valence-corrected chi connectivity index (χ1v) is 8.16. The molecule has 0 aliphatic carbocycles. The van der Waals surface area contributed by atoms with E-state index in [9.17, 15) is 23.1 Å². The molecule has 0 saturated carbocycles. The molecule has 2 rings (SSSR count). The molecule has 1 N–H and O–H groups in total. The maximum absolute atomic E-state index is 12.6. The van der Waals surface area contributed by atoms with Gasteiger partial charge < -0.3 is 19.3 Å². The van der Waals surface area contributed by atoms with Gasteiger partial charge in [-0.1, -0.05) is 0 Å². The highest BCUT2D eigenvalue weighted by Crippen LogP contribution is 2.32. The number of carbonyl (C=O) groups excluding carboxylic acids is 1. The average molecular weight is 409 g/mol. The van der Waals surface area contributed by atoms with Gasteiger partial charge >= 0.3 is 12.1 Å². The Kier molecular flexibility index (Phi) is 6.87. The minimum absolute atomic E-state index is 0.147. The van der Waals surface area contributed by atoms with Crippen LogP contribution in [0.15, 0.2) is 53.0 Å². The topological polar surface area (TPSA) is 77.4 Å². The summed E-state index contributed by atoms with van der Waals surface area (Å²) in [5, 5.41) is 10.6. The van der Waals surface area contributed by atoms with Crippen molar-refractivity contribution in [2.75, 3.05) is 21.3 Å². The Bertz CT molecular complexity index is 934. The van der Waals surface area contributed by atoms with Crippen molar-refractivity contribution in [3.05, 3.63) is 59.2 Å². The molecule has 0 atom stereocenters. The van der Waals surface area contributed by atoms with Crippen LogP contribution in [-0.2, 0) is 15.7 Å². The minimum Gasteiger partial charge on any atom is -0.506 e. The van der Waals surface area contributed by atoms with E-state index in [0.717, 1.165) is 37.6 Å². The zero-order valence-electron chi connectivity index (χ0n) is 15.8. The molecule has 0 aromatic heterocycles. The van der Waals surface area contributed by atoms with E-state index in [2.05, 4.69) is 9.73 Å². The third kappa shape index (κ3) is 5.28. The molecule has 2 aromatic rings. The molecule has 154 valence electrons. The Morgan fingerprint density at radius 1 is 1.03 bits per heavy atom. The van der Waals surface area contributed by atoms with Gasteiger partial charge in [-0.2, -0.15) is 13.2 Å². The van der Waals surface area contributed by atoms with Crippen LogP contribution in [0.4, 0.5) is 18.9 Å². The number of ether oxygens (including phenoxy) is 3. The van der Waals surface area contributed by atoms with Crippen LogP contribution in [0, 0.1) is 0 Å². The average Bonchev–Trinajstić information content (AvgIpc) is 2.72. The van der Waals surface area contributed by atoms with Gasteiger partial charge in [0.25, 0.3) is 0 Å². The quantitative estimate of drug-likeness (QED) is 0.327. The lowest BCUT2D eigenvalue weighted by Crippen LogP contribution is -2.09. The maximum atomic E-state index is 12.6. The number of nitrogens with zero attached hydrogens (tertiary/aromatic N) is 1. The summed E-state index contributed by atoms with van der Waals surface area (Å²) in [6.45, 7) is 0. The van der Waals surface area contributed by atoms with Crippen molar-refractivity contribution in [2.45, 2.75) is 6.18 Å². The van der Waals surface area contributed by atoms with Crippen LogP contribution in [0.5, 0.6) is 11.5 Å². The number of methoxy groups -OCH3 is 3. The molecule has 0 amide bonds. The van der Waals surface area contributed by atoms with Gasteiger partial charge in [0.05, 0.1) is 38.1 Å². The van der Waals surface area contributed by atoms with E-state index in [4.69, 9.17) is 9.47 Å². The number of carbonyl (C=O) groups is 1. The number of benzene rings is 2. The summed E-state index contributed by atoms with van der Waals surface area (Å²) in [7, 11) is 3.95. The predicted molar refractivity (Wildman–Crippen MR) is 101 cm³/mol. The maximum Gasteiger partial charge on any atom is 0.416 e. The molecule has 0 bridgehead atoms. The van der Waals surface area contributed by atoms with Gasteiger partial charge in [0.2, 0.25) is 0 Å². The number of aliphatic hydroxyl groups excluding tert-OH is 1. The number of esters is 1. The van der Waals surface area contributed by atoms with E-state index in [1.165, 1.54) is 26.4 Å². The molecular weight excluding hydrogens is 391 g/mol. The Morgan fingerprint density at radius 2 is 1.69 bits per heavy atom. The molecule has 0 heterocycles. The van der Waals surface area contributed by atoms with E-state index in [1.807, 2.05) is 0 Å². The number of alkyl halides is 3. The van der Waals surface area contributed by atoms with E-state index in [0.29, 0.717) is 5.75 Å². The second-order valence-corrected chi connectivity index (χ2v) is 5.62. The summed E-state index contributed by atoms with van der Waals surface area (Å²) < 4.78 is 52.9. The predicted octanol–water partition coefficient (Wildman–Crippen LogP) is 4.57. The smallest absolute Gasteiger partial charge is 0.416 e. The lowest BCUT2D eigenvalue weighted by molar-refractivity contribution is -0.137. The summed E-state index contributed by atoms with van der Waals surface area (Å²) in [4.78, 5) is 16.1. The molecule has 6 nitrogen and oxygen atoms in total. The van der Waals surface area contributed by atoms with Crippen LogP contribution in [0.1, 0.15) is 11.1 Å². The Hall–Kier alpha value is -3.49. The monoisotopic (exact) mass is 409 g/mol. The fourth-order valence-corrected chi connectivity index (χ4v) is 2.34. The zero-order chi connectivity index (χ0) is 21.6. The van der Waals surface area contributed by atoms with Crippen molar-refractivity contribution in [1.29, 1.82) is 0 Å². The first-order chi connectivity index (χ1) is 13.7. The Morgan fingerprint density at radius 3 is 2.21 bits per heavy atom. The number of hydrogen-bond donors (Lipinski definition) is 1. The van der Waals surface area contributed by atoms with Gasteiger partial charge in [0.1, 0.15) is 22.8 Å². The van der Waals surface area contributed by atoms with Crippen molar-refractivity contribution in [3.8, 4) is 11.5 Å². The lowest BCUT2D eigenvalue weighted by atomic mass is 10.1. The summed E-state index contributed by atoms with van der Waals surface area (Å²) >= 11 is 0. The van der Waals surface area contributed by atoms with E-state index < -0.39 is 23.5 Å². The first-order valence-electron chi connectivity index (χ1n) is 8.16. The standard InChI is InChI=1S/C20H18F3NO5/c1-27-14-8-9-15(17(10-14)28-2)18(25)16(19(26)29-3)11-24-13-6-4-12(5-7-13)20(21,22)23/h4-11,25H,1-3H3/b18-16-,24-11?. The van der Waals surface area contributed by atoms with Crippen molar-refractivity contribution >= 4 is 23.6 Å². The Balaban J connectivity index is 2.46. The van der Waals surface area contributed by atoms with E-state index in [1.54, 1.807) is 6.07 Å². The van der Waals surface area contributed by atoms with Crippen molar-refractivity contribution in [1.82, 2.24) is 0 Å². The van der Waals surface area contributed by atoms with Gasteiger partial charge in [-0.25, -0.2) is 4.79 Å². The number of halogens is 3. The van der Waals surface area contributed by atoms with Crippen LogP contribution in [0.2, 0.25) is 0 Å². The molecular formula is C20H18F3NO5. The third-order valence-electron chi connectivity index (χ3n) is 3.86. The van der Waals surface area contributed by atoms with Crippen LogP contribution in [-0.4, -0.2) is 38.6 Å². The number of hydrogen-bond acceptors (Lipinski definition) is 6. The van der Waals surface area contributed by atoms with E-state index in [-0.39, 0.29) is 22.6 Å². The second-order valence-electron chi connectivity index (χ2n) is 5.62. The van der Waals surface area contributed by atoms with Gasteiger partial charge in [-0.3, -0.25) is 4.99 Å². The lowest BCUT2D eigenvalue weighted by Gasteiger charge is -2.11. The van der Waals surface area contributed by atoms with Crippen LogP contribution in [0.25, 0.3) is 5.76 Å². The van der Waals surface area contributed by atoms with Crippen LogP contribution < -0.4 is 9.47 Å². The van der Waals surface area contributed by atoms with Crippen LogP contribution in [0.3, 0.4) is 0 Å². The number of aliphatic imine (C=N–C) groups is 1. The molecule has 2 aromatic carbocycles.